The van der Waals surface area contributed by atoms with Gasteiger partial charge in [0.25, 0.3) is 0 Å². The molecule has 2 aromatic rings. The molecule has 1 heterocycles. The summed E-state index contributed by atoms with van der Waals surface area (Å²) < 4.78 is 47.4. The van der Waals surface area contributed by atoms with Crippen LogP contribution < -0.4 is 0 Å². The Hall–Kier alpha value is -1.96. The molecule has 1 unspecified atom stereocenters. The van der Waals surface area contributed by atoms with E-state index in [-0.39, 0.29) is 22.5 Å². The van der Waals surface area contributed by atoms with Crippen LogP contribution in [0, 0.1) is 5.41 Å². The van der Waals surface area contributed by atoms with Crippen LogP contribution in [0.3, 0.4) is 0 Å². The van der Waals surface area contributed by atoms with Crippen LogP contribution in [0.1, 0.15) is 143 Å². The Labute approximate surface area is 251 Å². The fourth-order valence-electron chi connectivity index (χ4n) is 6.98. The van der Waals surface area contributed by atoms with E-state index in [2.05, 4.69) is 53.8 Å². The smallest absolute Gasteiger partial charge is 0.410 e. The van der Waals surface area contributed by atoms with Crippen molar-refractivity contribution in [3.05, 3.63) is 69.5 Å². The number of pyridine rings is 1. The van der Waals surface area contributed by atoms with E-state index in [9.17, 15) is 18.3 Å². The molecule has 0 radical (unpaired) electrons. The molecule has 3 aliphatic rings. The number of benzene rings is 1. The van der Waals surface area contributed by atoms with Crippen molar-refractivity contribution in [2.75, 3.05) is 0 Å². The zero-order valence-electron chi connectivity index (χ0n) is 26.4. The minimum atomic E-state index is -4.42. The Balaban J connectivity index is 1.76. The predicted molar refractivity (Wildman–Crippen MR) is 166 cm³/mol. The van der Waals surface area contributed by atoms with E-state index in [1.807, 2.05) is 0 Å². The number of aliphatic hydroxyl groups excluding tert-OH is 1. The molecule has 7 heteroatoms. The number of aliphatic hydroxyl groups is 1. The van der Waals surface area contributed by atoms with Crippen molar-refractivity contribution in [1.29, 1.82) is 0 Å². The predicted octanol–water partition coefficient (Wildman–Crippen LogP) is 10.4. The molecule has 1 N–H and O–H groups in total. The van der Waals surface area contributed by atoms with Gasteiger partial charge in [0.05, 0.1) is 17.4 Å². The fraction of sp³-hybridized carbons (Fsp3) is 0.629. The molecule has 1 aromatic carbocycles. The van der Waals surface area contributed by atoms with Crippen LogP contribution in [0.2, 0.25) is 18.1 Å². The molecule has 0 spiro atoms. The van der Waals surface area contributed by atoms with Gasteiger partial charge in [-0.15, -0.1) is 0 Å². The lowest BCUT2D eigenvalue weighted by Crippen LogP contribution is -2.44. The second-order valence-electron chi connectivity index (χ2n) is 15.2. The lowest BCUT2D eigenvalue weighted by Gasteiger charge is -2.45. The van der Waals surface area contributed by atoms with Crippen molar-refractivity contribution >= 4 is 13.9 Å². The van der Waals surface area contributed by atoms with Gasteiger partial charge in [-0.25, -0.2) is 0 Å². The van der Waals surface area contributed by atoms with Crippen LogP contribution in [0.25, 0.3) is 5.57 Å². The molecule has 0 aliphatic heterocycles. The highest BCUT2D eigenvalue weighted by atomic mass is 28.4. The summed E-state index contributed by atoms with van der Waals surface area (Å²) in [5.41, 5.74) is 6.04. The van der Waals surface area contributed by atoms with Gasteiger partial charge in [-0.1, -0.05) is 65.7 Å². The number of halogens is 3. The first kappa shape index (κ1) is 31.5. The molecule has 42 heavy (non-hydrogen) atoms. The minimum Gasteiger partial charge on any atom is -0.410 e. The highest BCUT2D eigenvalue weighted by molar-refractivity contribution is 6.74. The highest BCUT2D eigenvalue weighted by Gasteiger charge is 2.45. The van der Waals surface area contributed by atoms with Crippen molar-refractivity contribution in [1.82, 2.24) is 4.98 Å². The Kier molecular flexibility index (Phi) is 8.38. The van der Waals surface area contributed by atoms with Crippen LogP contribution in [0.4, 0.5) is 13.2 Å². The maximum Gasteiger partial charge on any atom is 0.416 e. The summed E-state index contributed by atoms with van der Waals surface area (Å²) in [5, 5.41) is 12.2. The molecule has 5 rings (SSSR count). The van der Waals surface area contributed by atoms with Crippen LogP contribution in [0.15, 0.2) is 30.3 Å². The van der Waals surface area contributed by atoms with Crippen LogP contribution in [-0.4, -0.2) is 18.4 Å². The number of hydrogen-bond acceptors (Lipinski definition) is 3. The monoisotopic (exact) mass is 599 g/mol. The number of allylic oxidation sites excluding steroid dienone is 2. The summed E-state index contributed by atoms with van der Waals surface area (Å²) in [6.45, 7) is 16.0. The van der Waals surface area contributed by atoms with Crippen LogP contribution >= 0.6 is 0 Å². The highest BCUT2D eigenvalue weighted by Crippen LogP contribution is 2.53. The van der Waals surface area contributed by atoms with Crippen molar-refractivity contribution in [2.24, 2.45) is 5.41 Å². The van der Waals surface area contributed by atoms with E-state index in [1.54, 1.807) is 0 Å². The number of rotatable bonds is 6. The average molecular weight is 600 g/mol. The van der Waals surface area contributed by atoms with Crippen molar-refractivity contribution in [3.63, 3.8) is 0 Å². The molecule has 2 atom stereocenters. The van der Waals surface area contributed by atoms with E-state index < -0.39 is 26.2 Å². The lowest BCUT2D eigenvalue weighted by molar-refractivity contribution is -0.137. The van der Waals surface area contributed by atoms with E-state index in [0.717, 1.165) is 98.0 Å². The Morgan fingerprint density at radius 1 is 1.02 bits per heavy atom. The van der Waals surface area contributed by atoms with Gasteiger partial charge in [-0.2, -0.15) is 13.2 Å². The fourth-order valence-corrected chi connectivity index (χ4v) is 8.25. The summed E-state index contributed by atoms with van der Waals surface area (Å²) in [5.74, 6) is 0.236. The summed E-state index contributed by atoms with van der Waals surface area (Å²) in [7, 11) is -2.17. The average Bonchev–Trinajstić information content (AvgIpc) is 3.60. The third-order valence-electron chi connectivity index (χ3n) is 10.3. The zero-order valence-corrected chi connectivity index (χ0v) is 27.4. The van der Waals surface area contributed by atoms with E-state index in [0.29, 0.717) is 5.56 Å². The molecular formula is C35H48F3NO2Si. The SMILES string of the molecule is CC1(C)Cc2nc(C3CCCC3)c(C(O)c3ccc(C(F)(F)F)cc3)c(C3=CCCC3)c2[C@H](O[Si](C)(C)C(C)(C)C)C1. The summed E-state index contributed by atoms with van der Waals surface area (Å²) in [6.07, 6.45) is 5.62. The number of nitrogens with zero attached hydrogens (tertiary/aromatic N) is 1. The van der Waals surface area contributed by atoms with E-state index >= 15 is 0 Å². The molecule has 0 saturated heterocycles. The number of aromatic nitrogens is 1. The van der Waals surface area contributed by atoms with Crippen LogP contribution in [-0.2, 0) is 17.0 Å². The summed E-state index contributed by atoms with van der Waals surface area (Å²) in [4.78, 5) is 5.44. The normalized spacial score (nSPS) is 22.3. The minimum absolute atomic E-state index is 0.00879. The molecule has 3 nitrogen and oxygen atoms in total. The Morgan fingerprint density at radius 2 is 1.67 bits per heavy atom. The van der Waals surface area contributed by atoms with Gasteiger partial charge in [-0.3, -0.25) is 4.98 Å². The van der Waals surface area contributed by atoms with Gasteiger partial charge in [0.2, 0.25) is 0 Å². The largest absolute Gasteiger partial charge is 0.416 e. The van der Waals surface area contributed by atoms with Crippen molar-refractivity contribution in [2.45, 2.75) is 135 Å². The second kappa shape index (κ2) is 11.2. The third-order valence-corrected chi connectivity index (χ3v) is 14.7. The van der Waals surface area contributed by atoms with Gasteiger partial charge in [-0.05, 0) is 97.3 Å². The topological polar surface area (TPSA) is 42.4 Å². The van der Waals surface area contributed by atoms with Crippen molar-refractivity contribution in [3.8, 4) is 0 Å². The quantitative estimate of drug-likeness (QED) is 0.336. The first-order valence-corrected chi connectivity index (χ1v) is 18.7. The first-order valence-electron chi connectivity index (χ1n) is 15.8. The van der Waals surface area contributed by atoms with Gasteiger partial charge >= 0.3 is 6.18 Å². The summed E-state index contributed by atoms with van der Waals surface area (Å²) >= 11 is 0. The van der Waals surface area contributed by atoms with Gasteiger partial charge in [0, 0.05) is 22.7 Å². The standard InChI is InChI=1S/C35H48F3NO2Si/c1-33(2,3)42(6,7)41-27-21-34(4,5)20-26-29(27)28(22-12-8-9-13-22)30(31(39-26)23-14-10-11-15-23)32(40)24-16-18-25(19-17-24)35(36,37)38/h12,16-19,23,27,32,40H,8-11,13-15,20-21H2,1-7H3/t27-,32?/m1/s1. The van der Waals surface area contributed by atoms with Crippen molar-refractivity contribution < 1.29 is 22.7 Å². The molecule has 3 aliphatic carbocycles. The maximum absolute atomic E-state index is 13.4. The molecule has 0 bridgehead atoms. The molecular weight excluding hydrogens is 551 g/mol. The van der Waals surface area contributed by atoms with Gasteiger partial charge < -0.3 is 9.53 Å². The van der Waals surface area contributed by atoms with Gasteiger partial charge in [0.15, 0.2) is 8.32 Å². The molecule has 1 saturated carbocycles. The zero-order chi connectivity index (χ0) is 30.7. The lowest BCUT2D eigenvalue weighted by atomic mass is 9.71. The summed E-state index contributed by atoms with van der Waals surface area (Å²) in [6, 6.07) is 5.04. The van der Waals surface area contributed by atoms with Crippen LogP contribution in [0.5, 0.6) is 0 Å². The van der Waals surface area contributed by atoms with E-state index in [1.165, 1.54) is 17.7 Å². The number of alkyl halides is 3. The second-order valence-corrected chi connectivity index (χ2v) is 19.9. The Morgan fingerprint density at radius 3 is 2.21 bits per heavy atom. The number of hydrogen-bond donors (Lipinski definition) is 1. The van der Waals surface area contributed by atoms with Gasteiger partial charge in [0.1, 0.15) is 6.10 Å². The molecule has 1 aromatic heterocycles. The number of fused-ring (bicyclic) bond motifs is 1. The molecule has 1 fully saturated rings. The molecule has 230 valence electrons. The maximum atomic E-state index is 13.4. The molecule has 0 amide bonds. The Bertz CT molecular complexity index is 1330. The van der Waals surface area contributed by atoms with E-state index in [4.69, 9.17) is 9.41 Å². The third kappa shape index (κ3) is 6.16. The first-order chi connectivity index (χ1) is 19.5.